The molecule has 1 fully saturated rings. The van der Waals surface area contributed by atoms with Crippen LogP contribution >= 0.6 is 0 Å². The molecule has 3 heteroatoms. The van der Waals surface area contributed by atoms with Gasteiger partial charge in [0.2, 0.25) is 6.41 Å². The molecule has 1 aliphatic rings. The zero-order chi connectivity index (χ0) is 14.1. The molecule has 3 nitrogen and oxygen atoms in total. The molecule has 0 heterocycles. The van der Waals surface area contributed by atoms with E-state index in [0.29, 0.717) is 6.41 Å². The predicted molar refractivity (Wildman–Crippen MR) is 75.9 cm³/mol. The van der Waals surface area contributed by atoms with Crippen molar-refractivity contribution in [2.75, 3.05) is 14.2 Å². The van der Waals surface area contributed by atoms with E-state index in [-0.39, 0.29) is 0 Å². The third-order valence-electron chi connectivity index (χ3n) is 2.32. The van der Waals surface area contributed by atoms with Crippen molar-refractivity contribution in [3.8, 4) is 0 Å². The van der Waals surface area contributed by atoms with E-state index < -0.39 is 0 Å². The van der Waals surface area contributed by atoms with Gasteiger partial charge in [-0.05, 0) is 24.7 Å². The van der Waals surface area contributed by atoms with Gasteiger partial charge in [0.1, 0.15) is 0 Å². The van der Waals surface area contributed by atoms with Crippen molar-refractivity contribution >= 4 is 6.41 Å². The van der Waals surface area contributed by atoms with Gasteiger partial charge in [-0.3, -0.25) is 4.79 Å². The quantitative estimate of drug-likeness (QED) is 0.578. The third-order valence-corrected chi connectivity index (χ3v) is 2.32. The summed E-state index contributed by atoms with van der Waals surface area (Å²) in [7, 11) is 2.56. The van der Waals surface area contributed by atoms with Gasteiger partial charge in [-0.25, -0.2) is 0 Å². The number of rotatable bonds is 5. The molecule has 0 aromatic heterocycles. The molecule has 1 amide bonds. The Morgan fingerprint density at radius 3 is 2.12 bits per heavy atom. The predicted octanol–water partition coefficient (Wildman–Crippen LogP) is 3.00. The fourth-order valence-electron chi connectivity index (χ4n) is 1.54. The lowest BCUT2D eigenvalue weighted by molar-refractivity contribution is -0.109. The number of hydrogen-bond donors (Lipinski definition) is 2. The summed E-state index contributed by atoms with van der Waals surface area (Å²) < 4.78 is 0. The number of nitrogens with one attached hydrogen (secondary N) is 1. The normalized spacial score (nSPS) is 18.9. The maximum absolute atomic E-state index is 9.06. The summed E-state index contributed by atoms with van der Waals surface area (Å²) in [6.07, 6.45) is 8.21. The highest BCUT2D eigenvalue weighted by Crippen LogP contribution is 2.44. The topological polar surface area (TPSA) is 49.3 Å². The van der Waals surface area contributed by atoms with Gasteiger partial charge in [-0.2, -0.15) is 0 Å². The van der Waals surface area contributed by atoms with Gasteiger partial charge in [0, 0.05) is 14.2 Å². The van der Waals surface area contributed by atoms with E-state index in [1.54, 1.807) is 7.05 Å². The number of amides is 1. The van der Waals surface area contributed by atoms with E-state index in [2.05, 4.69) is 24.9 Å². The van der Waals surface area contributed by atoms with Gasteiger partial charge in [0.05, 0.1) is 0 Å². The van der Waals surface area contributed by atoms with E-state index >= 15 is 0 Å². The van der Waals surface area contributed by atoms with E-state index in [0.717, 1.165) is 18.9 Å². The minimum absolute atomic E-state index is 0.625. The fraction of sp³-hybridized carbons (Fsp3) is 0.786. The van der Waals surface area contributed by atoms with Crippen molar-refractivity contribution in [1.82, 2.24) is 5.32 Å². The number of carbonyl (C=O) groups is 1. The highest BCUT2D eigenvalue weighted by Gasteiger charge is 2.34. The largest absolute Gasteiger partial charge is 0.400 e. The molecule has 0 aromatic rings. The summed E-state index contributed by atoms with van der Waals surface area (Å²) in [5.74, 6) is 2.08. The van der Waals surface area contributed by atoms with Crippen LogP contribution in [0.15, 0.2) is 12.7 Å². The Labute approximate surface area is 107 Å². The SMILES string of the molecule is C=CC[C@@H]1C[C@@H]1CCC.CC.CNC=O.CO. The smallest absolute Gasteiger partial charge is 0.206 e. The van der Waals surface area contributed by atoms with E-state index in [4.69, 9.17) is 9.90 Å². The molecule has 2 atom stereocenters. The van der Waals surface area contributed by atoms with Crippen LogP contribution in [0.25, 0.3) is 0 Å². The second-order valence-electron chi connectivity index (χ2n) is 3.48. The van der Waals surface area contributed by atoms with E-state index in [1.807, 2.05) is 13.8 Å². The number of carbonyl (C=O) groups excluding carboxylic acids is 1. The van der Waals surface area contributed by atoms with Gasteiger partial charge in [0.15, 0.2) is 0 Å². The van der Waals surface area contributed by atoms with Crippen molar-refractivity contribution in [3.63, 3.8) is 0 Å². The second-order valence-corrected chi connectivity index (χ2v) is 3.48. The van der Waals surface area contributed by atoms with E-state index in [1.165, 1.54) is 25.7 Å². The van der Waals surface area contributed by atoms with Crippen molar-refractivity contribution in [3.05, 3.63) is 12.7 Å². The van der Waals surface area contributed by atoms with Crippen LogP contribution in [0.4, 0.5) is 0 Å². The maximum atomic E-state index is 9.06. The molecule has 2 N–H and O–H groups in total. The molecule has 17 heavy (non-hydrogen) atoms. The molecule has 0 unspecified atom stereocenters. The van der Waals surface area contributed by atoms with Crippen LogP contribution in [0.5, 0.6) is 0 Å². The average molecular weight is 245 g/mol. The third kappa shape index (κ3) is 17.8. The molecule has 0 aromatic carbocycles. The molecular formula is C14H31NO2. The van der Waals surface area contributed by atoms with Crippen molar-refractivity contribution in [2.45, 2.75) is 46.5 Å². The minimum Gasteiger partial charge on any atom is -0.400 e. The lowest BCUT2D eigenvalue weighted by atomic mass is 10.2. The molecule has 1 aliphatic carbocycles. The molecule has 0 saturated heterocycles. The van der Waals surface area contributed by atoms with Gasteiger partial charge in [-0.15, -0.1) is 6.58 Å². The van der Waals surface area contributed by atoms with Gasteiger partial charge in [-0.1, -0.05) is 39.7 Å². The Morgan fingerprint density at radius 1 is 1.35 bits per heavy atom. The summed E-state index contributed by atoms with van der Waals surface area (Å²) in [4.78, 5) is 9.06. The number of aliphatic hydroxyl groups excluding tert-OH is 1. The van der Waals surface area contributed by atoms with Crippen LogP contribution in [0.1, 0.15) is 46.5 Å². The first-order chi connectivity index (χ1) is 8.29. The molecule has 1 rings (SSSR count). The lowest BCUT2D eigenvalue weighted by Crippen LogP contribution is -1.98. The highest BCUT2D eigenvalue weighted by molar-refractivity contribution is 5.44. The minimum atomic E-state index is 0.625. The maximum Gasteiger partial charge on any atom is 0.206 e. The zero-order valence-electron chi connectivity index (χ0n) is 12.2. The second kappa shape index (κ2) is 20.6. The number of hydrogen-bond acceptors (Lipinski definition) is 2. The summed E-state index contributed by atoms with van der Waals surface area (Å²) in [6, 6.07) is 0. The first-order valence-electron chi connectivity index (χ1n) is 6.46. The Bertz CT molecular complexity index is 149. The molecule has 0 spiro atoms. The van der Waals surface area contributed by atoms with Gasteiger partial charge < -0.3 is 10.4 Å². The molecular weight excluding hydrogens is 214 g/mol. The summed E-state index contributed by atoms with van der Waals surface area (Å²) >= 11 is 0. The van der Waals surface area contributed by atoms with Gasteiger partial charge >= 0.3 is 0 Å². The molecule has 0 aliphatic heterocycles. The van der Waals surface area contributed by atoms with Crippen molar-refractivity contribution in [2.24, 2.45) is 11.8 Å². The summed E-state index contributed by atoms with van der Waals surface area (Å²) in [6.45, 7) is 10.0. The summed E-state index contributed by atoms with van der Waals surface area (Å²) in [5, 5.41) is 9.25. The van der Waals surface area contributed by atoms with E-state index in [9.17, 15) is 0 Å². The van der Waals surface area contributed by atoms with Crippen molar-refractivity contribution < 1.29 is 9.90 Å². The summed E-state index contributed by atoms with van der Waals surface area (Å²) in [5.41, 5.74) is 0. The first kappa shape index (κ1) is 21.5. The van der Waals surface area contributed by atoms with Crippen LogP contribution in [-0.4, -0.2) is 25.7 Å². The van der Waals surface area contributed by atoms with Crippen LogP contribution < -0.4 is 5.32 Å². The zero-order valence-corrected chi connectivity index (χ0v) is 12.2. The molecule has 0 radical (unpaired) electrons. The highest BCUT2D eigenvalue weighted by atomic mass is 16.2. The Balaban J connectivity index is -0.000000208. The fourth-order valence-corrected chi connectivity index (χ4v) is 1.54. The Morgan fingerprint density at radius 2 is 1.82 bits per heavy atom. The molecule has 104 valence electrons. The van der Waals surface area contributed by atoms with Crippen LogP contribution in [0, 0.1) is 11.8 Å². The Hall–Kier alpha value is -0.830. The lowest BCUT2D eigenvalue weighted by Gasteiger charge is -1.91. The monoisotopic (exact) mass is 245 g/mol. The van der Waals surface area contributed by atoms with Crippen LogP contribution in [-0.2, 0) is 4.79 Å². The number of allylic oxidation sites excluding steroid dienone is 1. The standard InChI is InChI=1S/C9H16.C2H5NO.C2H6.CH4O/c1-3-5-8-7-9(8)6-4-2;1-3-2-4;2*1-2/h3,8-9H,1,4-7H2,2H3;2H,1H3,(H,3,4);1-2H3;2H,1H3/t8-,9+;;;/m1.../s1. The molecule has 1 saturated carbocycles. The average Bonchev–Trinajstić information content (AvgIpc) is 3.14. The van der Waals surface area contributed by atoms with Crippen LogP contribution in [0.3, 0.4) is 0 Å². The van der Waals surface area contributed by atoms with Crippen LogP contribution in [0.2, 0.25) is 0 Å². The number of aliphatic hydroxyl groups is 1. The van der Waals surface area contributed by atoms with Crippen molar-refractivity contribution in [1.29, 1.82) is 0 Å². The Kier molecular flexibility index (Phi) is 26.0. The first-order valence-corrected chi connectivity index (χ1v) is 6.46. The molecule has 0 bridgehead atoms. The van der Waals surface area contributed by atoms with Gasteiger partial charge in [0.25, 0.3) is 0 Å².